The number of carbonyl (C=O) groups is 1. The molecule has 1 aliphatic heterocycles. The van der Waals surface area contributed by atoms with Crippen LogP contribution in [0.15, 0.2) is 35.2 Å². The fourth-order valence-corrected chi connectivity index (χ4v) is 3.98. The van der Waals surface area contributed by atoms with Gasteiger partial charge in [0.05, 0.1) is 11.4 Å². The lowest BCUT2D eigenvalue weighted by molar-refractivity contribution is -0.122. The fraction of sp³-hybridized carbons (Fsp3) is 0.562. The van der Waals surface area contributed by atoms with Crippen LogP contribution in [0.2, 0.25) is 0 Å². The summed E-state index contributed by atoms with van der Waals surface area (Å²) in [5, 5.41) is 2.89. The number of nitrogens with one attached hydrogen (secondary N) is 1. The number of carbonyl (C=O) groups excluding carboxylic acids is 1. The zero-order chi connectivity index (χ0) is 16.7. The molecule has 0 radical (unpaired) electrons. The van der Waals surface area contributed by atoms with Gasteiger partial charge in [0.25, 0.3) is 0 Å². The van der Waals surface area contributed by atoms with E-state index >= 15 is 0 Å². The van der Waals surface area contributed by atoms with Gasteiger partial charge in [-0.25, -0.2) is 8.42 Å². The second-order valence-electron chi connectivity index (χ2n) is 5.70. The van der Waals surface area contributed by atoms with Crippen molar-refractivity contribution in [2.75, 3.05) is 39.3 Å². The van der Waals surface area contributed by atoms with Crippen LogP contribution in [-0.2, 0) is 14.8 Å². The highest BCUT2D eigenvalue weighted by Gasteiger charge is 2.28. The second kappa shape index (κ2) is 8.42. The topological polar surface area (TPSA) is 69.7 Å². The van der Waals surface area contributed by atoms with Crippen molar-refractivity contribution in [1.29, 1.82) is 0 Å². The molecule has 1 N–H and O–H groups in total. The van der Waals surface area contributed by atoms with Gasteiger partial charge in [-0.2, -0.15) is 4.31 Å². The molecule has 7 heteroatoms. The molecule has 0 saturated carbocycles. The van der Waals surface area contributed by atoms with Gasteiger partial charge in [0, 0.05) is 32.7 Å². The second-order valence-corrected chi connectivity index (χ2v) is 7.63. The maximum atomic E-state index is 12.5. The maximum Gasteiger partial charge on any atom is 0.243 e. The lowest BCUT2D eigenvalue weighted by atomic mass is 10.3. The standard InChI is InChI=1S/C16H25N3O3S/c1-2-3-9-17-16(20)14-18-10-12-19(13-11-18)23(21,22)15-7-5-4-6-8-15/h4-8H,2-3,9-14H2,1H3,(H,17,20). The molecule has 1 amide bonds. The molecule has 1 aromatic carbocycles. The van der Waals surface area contributed by atoms with Crippen LogP contribution in [0.5, 0.6) is 0 Å². The molecule has 0 aromatic heterocycles. The first-order chi connectivity index (χ1) is 11.0. The van der Waals surface area contributed by atoms with Crippen molar-refractivity contribution >= 4 is 15.9 Å². The summed E-state index contributed by atoms with van der Waals surface area (Å²) in [6.45, 7) is 5.11. The van der Waals surface area contributed by atoms with E-state index in [-0.39, 0.29) is 5.91 Å². The summed E-state index contributed by atoms with van der Waals surface area (Å²) < 4.78 is 26.5. The summed E-state index contributed by atoms with van der Waals surface area (Å²) in [5.41, 5.74) is 0. The smallest absolute Gasteiger partial charge is 0.243 e. The van der Waals surface area contributed by atoms with Crippen LogP contribution in [0, 0.1) is 0 Å². The van der Waals surface area contributed by atoms with Gasteiger partial charge in [0.1, 0.15) is 0 Å². The molecule has 2 rings (SSSR count). The Bertz CT molecular complexity index is 596. The van der Waals surface area contributed by atoms with Gasteiger partial charge in [0.2, 0.25) is 15.9 Å². The van der Waals surface area contributed by atoms with Crippen molar-refractivity contribution < 1.29 is 13.2 Å². The summed E-state index contributed by atoms with van der Waals surface area (Å²) in [5.74, 6) is 0.0119. The molecule has 1 heterocycles. The largest absolute Gasteiger partial charge is 0.355 e. The number of amides is 1. The van der Waals surface area contributed by atoms with Crippen molar-refractivity contribution in [3.05, 3.63) is 30.3 Å². The van der Waals surface area contributed by atoms with E-state index in [9.17, 15) is 13.2 Å². The van der Waals surface area contributed by atoms with Crippen LogP contribution in [0.3, 0.4) is 0 Å². The highest BCUT2D eigenvalue weighted by molar-refractivity contribution is 7.89. The van der Waals surface area contributed by atoms with Crippen molar-refractivity contribution in [3.63, 3.8) is 0 Å². The Hall–Kier alpha value is -1.44. The van der Waals surface area contributed by atoms with Gasteiger partial charge in [-0.1, -0.05) is 31.5 Å². The molecular formula is C16H25N3O3S. The van der Waals surface area contributed by atoms with Crippen molar-refractivity contribution in [1.82, 2.24) is 14.5 Å². The average Bonchev–Trinajstić information content (AvgIpc) is 2.56. The molecule has 1 aliphatic rings. The third-order valence-electron chi connectivity index (χ3n) is 3.93. The summed E-state index contributed by atoms with van der Waals surface area (Å²) in [6.07, 6.45) is 2.03. The Morgan fingerprint density at radius 3 is 2.39 bits per heavy atom. The number of hydrogen-bond donors (Lipinski definition) is 1. The maximum absolute atomic E-state index is 12.5. The average molecular weight is 339 g/mol. The molecular weight excluding hydrogens is 314 g/mol. The van der Waals surface area contributed by atoms with E-state index in [1.807, 2.05) is 4.90 Å². The fourth-order valence-electron chi connectivity index (χ4n) is 2.53. The van der Waals surface area contributed by atoms with Crippen molar-refractivity contribution in [3.8, 4) is 0 Å². The third-order valence-corrected chi connectivity index (χ3v) is 5.84. The van der Waals surface area contributed by atoms with E-state index in [0.717, 1.165) is 12.8 Å². The van der Waals surface area contributed by atoms with Crippen LogP contribution in [0.25, 0.3) is 0 Å². The number of unbranched alkanes of at least 4 members (excludes halogenated alkanes) is 1. The van der Waals surface area contributed by atoms with Gasteiger partial charge >= 0.3 is 0 Å². The molecule has 0 aliphatic carbocycles. The van der Waals surface area contributed by atoms with E-state index in [0.29, 0.717) is 44.2 Å². The van der Waals surface area contributed by atoms with Crippen LogP contribution in [0.4, 0.5) is 0 Å². The van der Waals surface area contributed by atoms with E-state index in [4.69, 9.17) is 0 Å². The summed E-state index contributed by atoms with van der Waals surface area (Å²) >= 11 is 0. The number of nitrogens with zero attached hydrogens (tertiary/aromatic N) is 2. The predicted molar refractivity (Wildman–Crippen MR) is 89.6 cm³/mol. The molecule has 0 unspecified atom stereocenters. The van der Waals surface area contributed by atoms with E-state index in [1.54, 1.807) is 30.3 Å². The Kier molecular flexibility index (Phi) is 6.56. The number of benzene rings is 1. The van der Waals surface area contributed by atoms with Gasteiger partial charge in [0.15, 0.2) is 0 Å². The minimum atomic E-state index is -3.43. The van der Waals surface area contributed by atoms with Crippen molar-refractivity contribution in [2.24, 2.45) is 0 Å². The SMILES string of the molecule is CCCCNC(=O)CN1CCN(S(=O)(=O)c2ccccc2)CC1. The number of rotatable bonds is 7. The predicted octanol–water partition coefficient (Wildman–Crippen LogP) is 0.909. The summed E-state index contributed by atoms with van der Waals surface area (Å²) in [4.78, 5) is 14.1. The van der Waals surface area contributed by atoms with Crippen LogP contribution >= 0.6 is 0 Å². The Morgan fingerprint density at radius 1 is 1.13 bits per heavy atom. The van der Waals surface area contributed by atoms with E-state index < -0.39 is 10.0 Å². The first-order valence-corrected chi connectivity index (χ1v) is 9.52. The third kappa shape index (κ3) is 5.02. The zero-order valence-electron chi connectivity index (χ0n) is 13.6. The van der Waals surface area contributed by atoms with Crippen LogP contribution < -0.4 is 5.32 Å². The molecule has 1 fully saturated rings. The molecule has 128 valence electrons. The number of hydrogen-bond acceptors (Lipinski definition) is 4. The Balaban J connectivity index is 1.83. The first-order valence-electron chi connectivity index (χ1n) is 8.08. The lowest BCUT2D eigenvalue weighted by Gasteiger charge is -2.33. The van der Waals surface area contributed by atoms with Crippen LogP contribution in [0.1, 0.15) is 19.8 Å². The quantitative estimate of drug-likeness (QED) is 0.750. The highest BCUT2D eigenvalue weighted by atomic mass is 32.2. The molecule has 1 saturated heterocycles. The molecule has 0 spiro atoms. The van der Waals surface area contributed by atoms with E-state index in [2.05, 4.69) is 12.2 Å². The molecule has 23 heavy (non-hydrogen) atoms. The highest BCUT2D eigenvalue weighted by Crippen LogP contribution is 2.16. The molecule has 1 aromatic rings. The van der Waals surface area contributed by atoms with Gasteiger partial charge < -0.3 is 5.32 Å². The van der Waals surface area contributed by atoms with Gasteiger partial charge in [-0.05, 0) is 18.6 Å². The molecule has 0 atom stereocenters. The molecule has 0 bridgehead atoms. The van der Waals surface area contributed by atoms with Gasteiger partial charge in [-0.15, -0.1) is 0 Å². The lowest BCUT2D eigenvalue weighted by Crippen LogP contribution is -2.51. The first kappa shape index (κ1) is 17.9. The van der Waals surface area contributed by atoms with Crippen molar-refractivity contribution in [2.45, 2.75) is 24.7 Å². The normalized spacial score (nSPS) is 17.1. The Morgan fingerprint density at radius 2 is 1.78 bits per heavy atom. The minimum Gasteiger partial charge on any atom is -0.355 e. The van der Waals surface area contributed by atoms with E-state index in [1.165, 1.54) is 4.31 Å². The summed E-state index contributed by atoms with van der Waals surface area (Å²) in [6, 6.07) is 8.48. The van der Waals surface area contributed by atoms with Crippen LogP contribution in [-0.4, -0.2) is 62.8 Å². The monoisotopic (exact) mass is 339 g/mol. The minimum absolute atomic E-state index is 0.0119. The molecule has 6 nitrogen and oxygen atoms in total. The Labute approximate surface area is 138 Å². The summed E-state index contributed by atoms with van der Waals surface area (Å²) in [7, 11) is -3.43. The zero-order valence-corrected chi connectivity index (χ0v) is 14.4. The number of sulfonamides is 1. The number of piperazine rings is 1. The van der Waals surface area contributed by atoms with Gasteiger partial charge in [-0.3, -0.25) is 9.69 Å².